The Balaban J connectivity index is 1.17. The molecular formula is C55H36N4. The van der Waals surface area contributed by atoms with Crippen molar-refractivity contribution in [1.29, 1.82) is 0 Å². The van der Waals surface area contributed by atoms with Crippen molar-refractivity contribution in [3.8, 4) is 78.4 Å². The summed E-state index contributed by atoms with van der Waals surface area (Å²) in [5, 5.41) is 1.17. The van der Waals surface area contributed by atoms with Crippen LogP contribution in [0.15, 0.2) is 219 Å². The van der Waals surface area contributed by atoms with Crippen LogP contribution in [0.25, 0.3) is 106 Å². The molecule has 0 saturated heterocycles. The first-order valence-corrected chi connectivity index (χ1v) is 19.9. The van der Waals surface area contributed by atoms with E-state index in [1.165, 1.54) is 16.5 Å². The highest BCUT2D eigenvalue weighted by Crippen LogP contribution is 2.43. The third kappa shape index (κ3) is 6.15. The van der Waals surface area contributed by atoms with Crippen molar-refractivity contribution >= 4 is 27.5 Å². The lowest BCUT2D eigenvalue weighted by Gasteiger charge is -2.18. The summed E-state index contributed by atoms with van der Waals surface area (Å²) in [4.78, 5) is 15.8. The van der Waals surface area contributed by atoms with Gasteiger partial charge in [0.05, 0.1) is 39.7 Å². The molecule has 0 fully saturated rings. The minimum Gasteiger partial charge on any atom is -0.306 e. The Morgan fingerprint density at radius 2 is 0.746 bits per heavy atom. The zero-order valence-electron chi connectivity index (χ0n) is 32.1. The summed E-state index contributed by atoms with van der Waals surface area (Å²) in [6.07, 6.45) is 2.02. The molecule has 0 aliphatic carbocycles. The SMILES string of the molecule is c1ccc(-c2ccc(-c3nc(-c4ccccc4)nc(-c4ccc(-c5ccccc5)cc4)c3-c3cccc(-c4c5ccccc5n5c4cnc4ccccc45)c3)cc2)cc1. The summed E-state index contributed by atoms with van der Waals surface area (Å²) < 4.78 is 2.34. The second-order valence-corrected chi connectivity index (χ2v) is 14.8. The first kappa shape index (κ1) is 34.3. The van der Waals surface area contributed by atoms with Gasteiger partial charge >= 0.3 is 0 Å². The van der Waals surface area contributed by atoms with Crippen molar-refractivity contribution in [2.24, 2.45) is 0 Å². The van der Waals surface area contributed by atoms with Crippen LogP contribution in [-0.2, 0) is 0 Å². The quantitative estimate of drug-likeness (QED) is 0.163. The Hall–Kier alpha value is -7.95. The van der Waals surface area contributed by atoms with E-state index in [4.69, 9.17) is 15.0 Å². The lowest BCUT2D eigenvalue weighted by atomic mass is 9.91. The van der Waals surface area contributed by atoms with Crippen molar-refractivity contribution in [2.75, 3.05) is 0 Å². The molecule has 0 bridgehead atoms. The molecule has 276 valence electrons. The lowest BCUT2D eigenvalue weighted by molar-refractivity contribution is 1.18. The van der Waals surface area contributed by atoms with Gasteiger partial charge in [0, 0.05) is 33.2 Å². The Kier molecular flexibility index (Phi) is 8.45. The molecule has 0 saturated carbocycles. The van der Waals surface area contributed by atoms with Crippen LogP contribution in [0.1, 0.15) is 0 Å². The van der Waals surface area contributed by atoms with Crippen molar-refractivity contribution < 1.29 is 0 Å². The normalized spacial score (nSPS) is 11.4. The second kappa shape index (κ2) is 14.5. The molecule has 0 atom stereocenters. The molecule has 0 amide bonds. The van der Waals surface area contributed by atoms with E-state index in [0.717, 1.165) is 83.5 Å². The average Bonchev–Trinajstić information content (AvgIpc) is 3.67. The van der Waals surface area contributed by atoms with E-state index in [9.17, 15) is 0 Å². The zero-order chi connectivity index (χ0) is 39.1. The minimum atomic E-state index is 0.678. The molecule has 4 heteroatoms. The second-order valence-electron chi connectivity index (χ2n) is 14.8. The van der Waals surface area contributed by atoms with Gasteiger partial charge in [0.25, 0.3) is 0 Å². The molecular weight excluding hydrogens is 717 g/mol. The molecule has 3 heterocycles. The van der Waals surface area contributed by atoms with Crippen LogP contribution >= 0.6 is 0 Å². The summed E-state index contributed by atoms with van der Waals surface area (Å²) in [5.41, 5.74) is 17.9. The van der Waals surface area contributed by atoms with Gasteiger partial charge in [-0.1, -0.05) is 188 Å². The molecule has 4 nitrogen and oxygen atoms in total. The Morgan fingerprint density at radius 3 is 1.34 bits per heavy atom. The zero-order valence-corrected chi connectivity index (χ0v) is 32.1. The summed E-state index contributed by atoms with van der Waals surface area (Å²) in [7, 11) is 0. The molecule has 0 aliphatic heterocycles. The van der Waals surface area contributed by atoms with E-state index in [1.807, 2.05) is 30.5 Å². The lowest BCUT2D eigenvalue weighted by Crippen LogP contribution is -2.01. The van der Waals surface area contributed by atoms with Crippen LogP contribution in [-0.4, -0.2) is 19.4 Å². The minimum absolute atomic E-state index is 0.678. The van der Waals surface area contributed by atoms with Gasteiger partial charge < -0.3 is 4.40 Å². The van der Waals surface area contributed by atoms with Crippen LogP contribution in [0, 0.1) is 0 Å². The number of hydrogen-bond donors (Lipinski definition) is 0. The van der Waals surface area contributed by atoms with Gasteiger partial charge in [-0.05, 0) is 57.6 Å². The topological polar surface area (TPSA) is 43.1 Å². The fourth-order valence-electron chi connectivity index (χ4n) is 8.44. The maximum Gasteiger partial charge on any atom is 0.160 e. The Labute approximate surface area is 342 Å². The molecule has 11 aromatic rings. The molecule has 0 aliphatic rings. The summed E-state index contributed by atoms with van der Waals surface area (Å²) in [6.45, 7) is 0. The highest BCUT2D eigenvalue weighted by atomic mass is 14.9. The first-order valence-electron chi connectivity index (χ1n) is 19.9. The third-order valence-electron chi connectivity index (χ3n) is 11.3. The third-order valence-corrected chi connectivity index (χ3v) is 11.3. The van der Waals surface area contributed by atoms with E-state index in [2.05, 4.69) is 192 Å². The Morgan fingerprint density at radius 1 is 0.305 bits per heavy atom. The molecule has 0 unspecified atom stereocenters. The van der Waals surface area contributed by atoms with Crippen LogP contribution < -0.4 is 0 Å². The van der Waals surface area contributed by atoms with Crippen LogP contribution in [0.4, 0.5) is 0 Å². The van der Waals surface area contributed by atoms with Gasteiger partial charge in [0.15, 0.2) is 5.82 Å². The maximum absolute atomic E-state index is 5.44. The smallest absolute Gasteiger partial charge is 0.160 e. The number of aromatic nitrogens is 4. The van der Waals surface area contributed by atoms with Gasteiger partial charge in [-0.2, -0.15) is 0 Å². The molecule has 0 radical (unpaired) electrons. The fourth-order valence-corrected chi connectivity index (χ4v) is 8.44. The summed E-state index contributed by atoms with van der Waals surface area (Å²) in [5.74, 6) is 0.678. The highest BCUT2D eigenvalue weighted by Gasteiger charge is 2.22. The molecule has 59 heavy (non-hydrogen) atoms. The predicted molar refractivity (Wildman–Crippen MR) is 244 cm³/mol. The summed E-state index contributed by atoms with van der Waals surface area (Å²) in [6, 6.07) is 74.7. The van der Waals surface area contributed by atoms with Crippen molar-refractivity contribution in [3.05, 3.63) is 219 Å². The molecule has 3 aromatic heterocycles. The van der Waals surface area contributed by atoms with Crippen LogP contribution in [0.3, 0.4) is 0 Å². The number of hydrogen-bond acceptors (Lipinski definition) is 3. The van der Waals surface area contributed by atoms with E-state index < -0.39 is 0 Å². The van der Waals surface area contributed by atoms with Gasteiger partial charge in [0.1, 0.15) is 0 Å². The molecule has 11 rings (SSSR count). The number of fused-ring (bicyclic) bond motifs is 5. The standard InChI is InChI=1S/C55H36N4/c1-4-15-37(16-5-1)39-27-31-41(32-28-39)53-52(54(58-55(57-53)43-19-8-3-9-20-43)42-33-29-40(30-34-42)38-17-6-2-7-18-38)45-22-14-21-44(35-45)51-46-23-10-12-25-48(46)59-49-26-13-11-24-47(49)56-36-50(51)59/h1-36H. The largest absolute Gasteiger partial charge is 0.306 e. The van der Waals surface area contributed by atoms with Gasteiger partial charge in [0.2, 0.25) is 0 Å². The van der Waals surface area contributed by atoms with Crippen LogP contribution in [0.2, 0.25) is 0 Å². The average molecular weight is 753 g/mol. The summed E-state index contributed by atoms with van der Waals surface area (Å²) >= 11 is 0. The van der Waals surface area contributed by atoms with E-state index in [1.54, 1.807) is 0 Å². The molecule has 0 N–H and O–H groups in total. The Bertz CT molecular complexity index is 3180. The predicted octanol–water partition coefficient (Wildman–Crippen LogP) is 14.1. The first-order chi connectivity index (χ1) is 29.3. The monoisotopic (exact) mass is 752 g/mol. The van der Waals surface area contributed by atoms with Gasteiger partial charge in [-0.25, -0.2) is 9.97 Å². The van der Waals surface area contributed by atoms with Crippen molar-refractivity contribution in [2.45, 2.75) is 0 Å². The van der Waals surface area contributed by atoms with E-state index in [-0.39, 0.29) is 0 Å². The molecule has 0 spiro atoms. The van der Waals surface area contributed by atoms with Crippen molar-refractivity contribution in [3.63, 3.8) is 0 Å². The van der Waals surface area contributed by atoms with Gasteiger partial charge in [-0.3, -0.25) is 4.98 Å². The number of benzene rings is 8. The van der Waals surface area contributed by atoms with Gasteiger partial charge in [-0.15, -0.1) is 0 Å². The van der Waals surface area contributed by atoms with E-state index in [0.29, 0.717) is 5.82 Å². The maximum atomic E-state index is 5.44. The molecule has 8 aromatic carbocycles. The van der Waals surface area contributed by atoms with Crippen molar-refractivity contribution in [1.82, 2.24) is 19.4 Å². The number of para-hydroxylation sites is 3. The fraction of sp³-hybridized carbons (Fsp3) is 0. The number of rotatable bonds is 7. The number of nitrogens with zero attached hydrogens (tertiary/aromatic N) is 4. The van der Waals surface area contributed by atoms with Crippen LogP contribution in [0.5, 0.6) is 0 Å². The highest BCUT2D eigenvalue weighted by molar-refractivity contribution is 6.08. The van der Waals surface area contributed by atoms with E-state index >= 15 is 0 Å².